The first kappa shape index (κ1) is 21.9. The van der Waals surface area contributed by atoms with Crippen molar-refractivity contribution in [3.05, 3.63) is 83.4 Å². The number of methoxy groups -OCH3 is 2. The lowest BCUT2D eigenvalue weighted by Gasteiger charge is -2.30. The molecule has 33 heavy (non-hydrogen) atoms. The lowest BCUT2D eigenvalue weighted by atomic mass is 10.1. The Hall–Kier alpha value is -4.33. The summed E-state index contributed by atoms with van der Waals surface area (Å²) in [6.07, 6.45) is 0. The van der Waals surface area contributed by atoms with E-state index in [1.165, 1.54) is 14.2 Å². The monoisotopic (exact) mass is 446 g/mol. The van der Waals surface area contributed by atoms with Gasteiger partial charge in [-0.1, -0.05) is 18.2 Å². The molecule has 0 saturated heterocycles. The Kier molecular flexibility index (Phi) is 6.26. The summed E-state index contributed by atoms with van der Waals surface area (Å²) < 4.78 is 15.5. The van der Waals surface area contributed by atoms with E-state index >= 15 is 0 Å². The van der Waals surface area contributed by atoms with Crippen molar-refractivity contribution in [1.29, 1.82) is 0 Å². The summed E-state index contributed by atoms with van der Waals surface area (Å²) in [5, 5.41) is 2.84. The van der Waals surface area contributed by atoms with Gasteiger partial charge in [0.2, 0.25) is 0 Å². The van der Waals surface area contributed by atoms with Crippen molar-refractivity contribution in [2.75, 3.05) is 31.0 Å². The van der Waals surface area contributed by atoms with Crippen LogP contribution in [0.4, 0.5) is 11.4 Å². The van der Waals surface area contributed by atoms with Crippen molar-refractivity contribution >= 4 is 29.2 Å². The number of amides is 2. The maximum absolute atomic E-state index is 12.7. The molecule has 0 atom stereocenters. The van der Waals surface area contributed by atoms with Crippen LogP contribution in [0.25, 0.3) is 0 Å². The number of fused-ring (bicyclic) bond motifs is 1. The molecule has 4 rings (SSSR count). The lowest BCUT2D eigenvalue weighted by molar-refractivity contribution is -0.121. The van der Waals surface area contributed by atoms with E-state index in [9.17, 15) is 14.4 Å². The molecule has 0 aromatic heterocycles. The maximum Gasteiger partial charge on any atom is 0.337 e. The smallest absolute Gasteiger partial charge is 0.337 e. The van der Waals surface area contributed by atoms with E-state index in [2.05, 4.69) is 5.32 Å². The second-order valence-corrected chi connectivity index (χ2v) is 7.33. The molecular formula is C25H22N2O6. The number of benzene rings is 3. The molecule has 0 radical (unpaired) electrons. The van der Waals surface area contributed by atoms with E-state index in [0.29, 0.717) is 34.0 Å². The number of nitrogens with one attached hydrogen (secondary N) is 1. The molecule has 0 bridgehead atoms. The Morgan fingerprint density at radius 3 is 2.58 bits per heavy atom. The zero-order valence-corrected chi connectivity index (χ0v) is 18.2. The third-order valence-electron chi connectivity index (χ3n) is 5.18. The van der Waals surface area contributed by atoms with E-state index in [1.54, 1.807) is 65.6 Å². The van der Waals surface area contributed by atoms with Crippen molar-refractivity contribution in [3.63, 3.8) is 0 Å². The predicted octanol–water partition coefficient (Wildman–Crippen LogP) is 3.66. The van der Waals surface area contributed by atoms with Gasteiger partial charge < -0.3 is 24.4 Å². The molecule has 1 N–H and O–H groups in total. The fraction of sp³-hybridized carbons (Fsp3) is 0.160. The van der Waals surface area contributed by atoms with Gasteiger partial charge in [0, 0.05) is 11.3 Å². The summed E-state index contributed by atoms with van der Waals surface area (Å²) in [7, 11) is 2.85. The van der Waals surface area contributed by atoms with Gasteiger partial charge in [-0.2, -0.15) is 0 Å². The lowest BCUT2D eigenvalue weighted by Crippen LogP contribution is -2.38. The SMILES string of the molecule is COC(=O)c1cccc(CN2C(=O)COc3ccc(NC(=O)c4cccc(OC)c4)cc32)c1. The van der Waals surface area contributed by atoms with Crippen LogP contribution in [-0.2, 0) is 16.1 Å². The Morgan fingerprint density at radius 1 is 1.00 bits per heavy atom. The highest BCUT2D eigenvalue weighted by molar-refractivity contribution is 6.05. The van der Waals surface area contributed by atoms with Gasteiger partial charge in [-0.25, -0.2) is 4.79 Å². The topological polar surface area (TPSA) is 94.2 Å². The van der Waals surface area contributed by atoms with Gasteiger partial charge in [0.15, 0.2) is 6.61 Å². The number of nitrogens with zero attached hydrogens (tertiary/aromatic N) is 1. The zero-order chi connectivity index (χ0) is 23.4. The third kappa shape index (κ3) is 4.79. The van der Waals surface area contributed by atoms with Gasteiger partial charge in [0.25, 0.3) is 11.8 Å². The fourth-order valence-electron chi connectivity index (χ4n) is 3.52. The number of rotatable bonds is 6. The third-order valence-corrected chi connectivity index (χ3v) is 5.18. The van der Waals surface area contributed by atoms with Crippen LogP contribution < -0.4 is 19.7 Å². The molecule has 8 heteroatoms. The Balaban J connectivity index is 1.59. The van der Waals surface area contributed by atoms with Crippen LogP contribution in [0, 0.1) is 0 Å². The standard InChI is InChI=1S/C25H22N2O6/c1-31-20-8-4-6-17(12-20)24(29)26-19-9-10-22-21(13-19)27(23(28)15-33-22)14-16-5-3-7-18(11-16)25(30)32-2/h3-13H,14-15H2,1-2H3,(H,26,29). The number of anilines is 2. The minimum absolute atomic E-state index is 0.0980. The molecular weight excluding hydrogens is 424 g/mol. The second-order valence-electron chi connectivity index (χ2n) is 7.33. The summed E-state index contributed by atoms with van der Waals surface area (Å²) in [6.45, 7) is 0.131. The van der Waals surface area contributed by atoms with Crippen molar-refractivity contribution in [2.24, 2.45) is 0 Å². The average Bonchev–Trinajstić information content (AvgIpc) is 2.85. The molecule has 1 aliphatic rings. The van der Waals surface area contributed by atoms with Gasteiger partial charge in [-0.3, -0.25) is 9.59 Å². The molecule has 1 heterocycles. The molecule has 0 aliphatic carbocycles. The van der Waals surface area contributed by atoms with Crippen LogP contribution >= 0.6 is 0 Å². The van der Waals surface area contributed by atoms with Crippen LogP contribution in [0.15, 0.2) is 66.7 Å². The van der Waals surface area contributed by atoms with Crippen LogP contribution in [0.5, 0.6) is 11.5 Å². The molecule has 2 amide bonds. The number of esters is 1. The summed E-state index contributed by atoms with van der Waals surface area (Å²) in [5.41, 5.74) is 2.63. The van der Waals surface area contributed by atoms with Crippen molar-refractivity contribution in [1.82, 2.24) is 0 Å². The van der Waals surface area contributed by atoms with E-state index in [1.807, 2.05) is 6.07 Å². The highest BCUT2D eigenvalue weighted by Gasteiger charge is 2.26. The number of carbonyl (C=O) groups is 3. The molecule has 0 spiro atoms. The van der Waals surface area contributed by atoms with Crippen molar-refractivity contribution in [3.8, 4) is 11.5 Å². The molecule has 0 unspecified atom stereocenters. The summed E-state index contributed by atoms with van der Waals surface area (Å²) in [5.74, 6) is 0.107. The summed E-state index contributed by atoms with van der Waals surface area (Å²) in [4.78, 5) is 38.8. The number of ether oxygens (including phenoxy) is 3. The van der Waals surface area contributed by atoms with Crippen LogP contribution in [0.1, 0.15) is 26.3 Å². The molecule has 0 saturated carbocycles. The van der Waals surface area contributed by atoms with Crippen LogP contribution in [-0.4, -0.2) is 38.6 Å². The molecule has 1 aliphatic heterocycles. The van der Waals surface area contributed by atoms with Gasteiger partial charge in [0.1, 0.15) is 11.5 Å². The van der Waals surface area contributed by atoms with E-state index in [4.69, 9.17) is 14.2 Å². The quantitative estimate of drug-likeness (QED) is 0.581. The first-order valence-corrected chi connectivity index (χ1v) is 10.2. The number of hydrogen-bond donors (Lipinski definition) is 1. The normalized spacial score (nSPS) is 12.4. The highest BCUT2D eigenvalue weighted by atomic mass is 16.5. The minimum Gasteiger partial charge on any atom is -0.497 e. The van der Waals surface area contributed by atoms with Crippen molar-refractivity contribution in [2.45, 2.75) is 6.54 Å². The maximum atomic E-state index is 12.7. The minimum atomic E-state index is -0.451. The van der Waals surface area contributed by atoms with E-state index < -0.39 is 5.97 Å². The molecule has 0 fully saturated rings. The van der Waals surface area contributed by atoms with E-state index in [0.717, 1.165) is 5.56 Å². The molecule has 3 aromatic rings. The first-order valence-electron chi connectivity index (χ1n) is 10.2. The summed E-state index contributed by atoms with van der Waals surface area (Å²) >= 11 is 0. The highest BCUT2D eigenvalue weighted by Crippen LogP contribution is 2.35. The number of hydrogen-bond acceptors (Lipinski definition) is 6. The Bertz CT molecular complexity index is 1220. The van der Waals surface area contributed by atoms with Gasteiger partial charge in [0.05, 0.1) is 32.0 Å². The van der Waals surface area contributed by atoms with Crippen LogP contribution in [0.3, 0.4) is 0 Å². The fourth-order valence-corrected chi connectivity index (χ4v) is 3.52. The van der Waals surface area contributed by atoms with Gasteiger partial charge >= 0.3 is 5.97 Å². The van der Waals surface area contributed by atoms with Gasteiger partial charge in [-0.15, -0.1) is 0 Å². The Labute approximate surface area is 190 Å². The number of carbonyl (C=O) groups excluding carboxylic acids is 3. The second kappa shape index (κ2) is 9.44. The first-order chi connectivity index (χ1) is 16.0. The molecule has 3 aromatic carbocycles. The zero-order valence-electron chi connectivity index (χ0n) is 18.2. The van der Waals surface area contributed by atoms with E-state index in [-0.39, 0.29) is 25.0 Å². The Morgan fingerprint density at radius 2 is 1.79 bits per heavy atom. The van der Waals surface area contributed by atoms with Crippen molar-refractivity contribution < 1.29 is 28.6 Å². The van der Waals surface area contributed by atoms with Crippen LogP contribution in [0.2, 0.25) is 0 Å². The van der Waals surface area contributed by atoms with Gasteiger partial charge in [-0.05, 0) is 54.1 Å². The largest absolute Gasteiger partial charge is 0.497 e. The average molecular weight is 446 g/mol. The molecule has 8 nitrogen and oxygen atoms in total. The predicted molar refractivity (Wildman–Crippen MR) is 122 cm³/mol. The summed E-state index contributed by atoms with van der Waals surface area (Å²) in [6, 6.07) is 18.8. The molecule has 168 valence electrons.